The summed E-state index contributed by atoms with van der Waals surface area (Å²) in [5.41, 5.74) is 0.911. The number of benzene rings is 1. The lowest BCUT2D eigenvalue weighted by molar-refractivity contribution is -0.113. The van der Waals surface area contributed by atoms with Gasteiger partial charge in [0.05, 0.1) is 12.5 Å². The van der Waals surface area contributed by atoms with Gasteiger partial charge >= 0.3 is 0 Å². The van der Waals surface area contributed by atoms with Crippen molar-refractivity contribution in [2.75, 3.05) is 6.61 Å². The van der Waals surface area contributed by atoms with Gasteiger partial charge in [0.15, 0.2) is 0 Å². The fourth-order valence-corrected chi connectivity index (χ4v) is 1.80. The zero-order chi connectivity index (χ0) is 9.26. The standard InChI is InChI=1S/C10H9ClO2/c11-10(12)8-5-6-13-9-4-2-1-3-7(8)9/h1-4,8H,5-6H2/t8-/m1/s1. The molecule has 1 aliphatic rings. The van der Waals surface area contributed by atoms with Crippen molar-refractivity contribution in [1.29, 1.82) is 0 Å². The maximum absolute atomic E-state index is 11.1. The van der Waals surface area contributed by atoms with Gasteiger partial charge in [0.1, 0.15) is 5.75 Å². The summed E-state index contributed by atoms with van der Waals surface area (Å²) in [4.78, 5) is 11.1. The van der Waals surface area contributed by atoms with Crippen molar-refractivity contribution in [3.05, 3.63) is 29.8 Å². The number of rotatable bonds is 1. The number of carbonyl (C=O) groups excluding carboxylic acids is 1. The van der Waals surface area contributed by atoms with Gasteiger partial charge in [-0.2, -0.15) is 0 Å². The Bertz CT molecular complexity index is 335. The molecule has 1 atom stereocenters. The zero-order valence-corrected chi connectivity index (χ0v) is 7.75. The van der Waals surface area contributed by atoms with Crippen molar-refractivity contribution in [3.63, 3.8) is 0 Å². The van der Waals surface area contributed by atoms with Crippen molar-refractivity contribution in [3.8, 4) is 5.75 Å². The molecule has 0 spiro atoms. The van der Waals surface area contributed by atoms with Crippen LogP contribution in [0.5, 0.6) is 5.75 Å². The maximum atomic E-state index is 11.1. The number of hydrogen-bond acceptors (Lipinski definition) is 2. The molecule has 1 heterocycles. The Hall–Kier alpha value is -1.02. The van der Waals surface area contributed by atoms with Crippen molar-refractivity contribution >= 4 is 16.8 Å². The normalized spacial score (nSPS) is 20.2. The van der Waals surface area contributed by atoms with E-state index in [2.05, 4.69) is 0 Å². The third-order valence-electron chi connectivity index (χ3n) is 2.23. The van der Waals surface area contributed by atoms with E-state index in [0.717, 1.165) is 11.3 Å². The molecule has 2 rings (SSSR count). The molecule has 3 heteroatoms. The highest BCUT2D eigenvalue weighted by Crippen LogP contribution is 2.34. The second-order valence-electron chi connectivity index (χ2n) is 3.03. The summed E-state index contributed by atoms with van der Waals surface area (Å²) >= 11 is 5.49. The highest BCUT2D eigenvalue weighted by molar-refractivity contribution is 6.64. The van der Waals surface area contributed by atoms with Crippen molar-refractivity contribution < 1.29 is 9.53 Å². The van der Waals surface area contributed by atoms with Gasteiger partial charge in [-0.25, -0.2) is 0 Å². The third kappa shape index (κ3) is 1.54. The fraction of sp³-hybridized carbons (Fsp3) is 0.300. The van der Waals surface area contributed by atoms with Gasteiger partial charge in [-0.15, -0.1) is 0 Å². The first-order valence-electron chi connectivity index (χ1n) is 4.20. The quantitative estimate of drug-likeness (QED) is 0.645. The van der Waals surface area contributed by atoms with E-state index in [-0.39, 0.29) is 11.2 Å². The predicted octanol–water partition coefficient (Wildman–Crippen LogP) is 2.32. The van der Waals surface area contributed by atoms with E-state index in [9.17, 15) is 4.79 Å². The van der Waals surface area contributed by atoms with Crippen LogP contribution < -0.4 is 4.74 Å². The largest absolute Gasteiger partial charge is 0.493 e. The van der Waals surface area contributed by atoms with Crippen LogP contribution in [0.4, 0.5) is 0 Å². The molecular formula is C10H9ClO2. The van der Waals surface area contributed by atoms with Crippen molar-refractivity contribution in [2.45, 2.75) is 12.3 Å². The minimum Gasteiger partial charge on any atom is -0.493 e. The summed E-state index contributed by atoms with van der Waals surface area (Å²) in [7, 11) is 0. The van der Waals surface area contributed by atoms with Gasteiger partial charge in [0, 0.05) is 5.56 Å². The van der Waals surface area contributed by atoms with Crippen LogP contribution in [0.1, 0.15) is 17.9 Å². The molecule has 0 unspecified atom stereocenters. The van der Waals surface area contributed by atoms with Crippen molar-refractivity contribution in [2.24, 2.45) is 0 Å². The van der Waals surface area contributed by atoms with Gasteiger partial charge in [-0.05, 0) is 24.1 Å². The Morgan fingerprint density at radius 2 is 2.23 bits per heavy atom. The van der Waals surface area contributed by atoms with E-state index >= 15 is 0 Å². The molecule has 2 nitrogen and oxygen atoms in total. The summed E-state index contributed by atoms with van der Waals surface area (Å²) in [6.45, 7) is 0.570. The number of para-hydroxylation sites is 1. The lowest BCUT2D eigenvalue weighted by Gasteiger charge is -2.22. The molecule has 0 bridgehead atoms. The third-order valence-corrected chi connectivity index (χ3v) is 2.50. The molecule has 68 valence electrons. The predicted molar refractivity (Wildman–Crippen MR) is 50.2 cm³/mol. The van der Waals surface area contributed by atoms with Crippen molar-refractivity contribution in [1.82, 2.24) is 0 Å². The number of ether oxygens (including phenoxy) is 1. The lowest BCUT2D eigenvalue weighted by atomic mass is 9.94. The number of hydrogen-bond donors (Lipinski definition) is 0. The maximum Gasteiger partial charge on any atom is 0.229 e. The molecule has 0 saturated carbocycles. The fourth-order valence-electron chi connectivity index (χ4n) is 1.58. The van der Waals surface area contributed by atoms with Gasteiger partial charge in [-0.1, -0.05) is 18.2 Å². The van der Waals surface area contributed by atoms with Gasteiger partial charge in [0.2, 0.25) is 5.24 Å². The van der Waals surface area contributed by atoms with E-state index in [1.807, 2.05) is 24.3 Å². The van der Waals surface area contributed by atoms with Crippen LogP contribution in [0.25, 0.3) is 0 Å². The average molecular weight is 197 g/mol. The Morgan fingerprint density at radius 3 is 3.00 bits per heavy atom. The van der Waals surface area contributed by atoms with E-state index in [0.29, 0.717) is 13.0 Å². The Morgan fingerprint density at radius 1 is 1.46 bits per heavy atom. The Labute approximate surface area is 81.5 Å². The first-order valence-corrected chi connectivity index (χ1v) is 4.58. The highest BCUT2D eigenvalue weighted by Gasteiger charge is 2.25. The van der Waals surface area contributed by atoms with Crippen LogP contribution >= 0.6 is 11.6 Å². The monoisotopic (exact) mass is 196 g/mol. The molecule has 0 saturated heterocycles. The van der Waals surface area contributed by atoms with E-state index in [1.54, 1.807) is 0 Å². The van der Waals surface area contributed by atoms with E-state index in [4.69, 9.17) is 16.3 Å². The number of carbonyl (C=O) groups is 1. The molecule has 0 aliphatic carbocycles. The second-order valence-corrected chi connectivity index (χ2v) is 3.40. The van der Waals surface area contributed by atoms with Gasteiger partial charge in [0.25, 0.3) is 0 Å². The SMILES string of the molecule is O=C(Cl)[C@@H]1CCOc2ccccc21. The molecule has 0 N–H and O–H groups in total. The zero-order valence-electron chi connectivity index (χ0n) is 7.00. The molecular weight excluding hydrogens is 188 g/mol. The lowest BCUT2D eigenvalue weighted by Crippen LogP contribution is -2.18. The molecule has 1 aliphatic heterocycles. The molecule has 1 aromatic carbocycles. The first kappa shape index (κ1) is 8.57. The number of fused-ring (bicyclic) bond motifs is 1. The highest BCUT2D eigenvalue weighted by atomic mass is 35.5. The summed E-state index contributed by atoms with van der Waals surface area (Å²) < 4.78 is 5.39. The summed E-state index contributed by atoms with van der Waals surface area (Å²) in [5, 5.41) is -0.296. The van der Waals surface area contributed by atoms with Crippen LogP contribution in [0.3, 0.4) is 0 Å². The molecule has 0 aromatic heterocycles. The van der Waals surface area contributed by atoms with Gasteiger partial charge < -0.3 is 4.74 Å². The topological polar surface area (TPSA) is 26.3 Å². The first-order chi connectivity index (χ1) is 6.29. The molecule has 13 heavy (non-hydrogen) atoms. The number of halogens is 1. The smallest absolute Gasteiger partial charge is 0.229 e. The second kappa shape index (κ2) is 3.38. The Kier molecular flexibility index (Phi) is 2.23. The minimum atomic E-state index is -0.296. The minimum absolute atomic E-state index is 0.188. The molecule has 0 amide bonds. The van der Waals surface area contributed by atoms with Crippen LogP contribution in [0, 0.1) is 0 Å². The van der Waals surface area contributed by atoms with Crippen LogP contribution in [-0.2, 0) is 4.79 Å². The molecule has 0 fully saturated rings. The Balaban J connectivity index is 2.42. The summed E-state index contributed by atoms with van der Waals surface area (Å²) in [5.74, 6) is 0.597. The summed E-state index contributed by atoms with van der Waals surface area (Å²) in [6, 6.07) is 7.53. The van der Waals surface area contributed by atoms with Gasteiger partial charge in [-0.3, -0.25) is 4.79 Å². The molecule has 0 radical (unpaired) electrons. The van der Waals surface area contributed by atoms with E-state index < -0.39 is 0 Å². The average Bonchev–Trinajstić information content (AvgIpc) is 2.17. The summed E-state index contributed by atoms with van der Waals surface area (Å²) in [6.07, 6.45) is 0.680. The molecule has 1 aromatic rings. The van der Waals surface area contributed by atoms with Crippen LogP contribution in [-0.4, -0.2) is 11.8 Å². The van der Waals surface area contributed by atoms with Crippen LogP contribution in [0.2, 0.25) is 0 Å². The van der Waals surface area contributed by atoms with E-state index in [1.165, 1.54) is 0 Å². The van der Waals surface area contributed by atoms with Crippen LogP contribution in [0.15, 0.2) is 24.3 Å².